The van der Waals surface area contributed by atoms with Crippen LogP contribution in [0, 0.1) is 5.92 Å². The first kappa shape index (κ1) is 28.8. The summed E-state index contributed by atoms with van der Waals surface area (Å²) in [5.74, 6) is 0.0218. The first-order valence-corrected chi connectivity index (χ1v) is 15.9. The topological polar surface area (TPSA) is 52.6 Å². The maximum atomic E-state index is 13.3. The molecule has 0 aliphatic heterocycles. The van der Waals surface area contributed by atoms with Crippen molar-refractivity contribution in [2.75, 3.05) is 12.9 Å². The minimum absolute atomic E-state index is 0.0371. The van der Waals surface area contributed by atoms with Gasteiger partial charge in [0.1, 0.15) is 0 Å². The van der Waals surface area contributed by atoms with E-state index >= 15 is 0 Å². The molecule has 1 unspecified atom stereocenters. The third kappa shape index (κ3) is 7.16. The van der Waals surface area contributed by atoms with E-state index in [2.05, 4.69) is 76.2 Å². The molecule has 0 saturated carbocycles. The fraction of sp³-hybridized carbons (Fsp3) is 0.323. The fourth-order valence-corrected chi connectivity index (χ4v) is 10.8. The van der Waals surface area contributed by atoms with Gasteiger partial charge in [-0.3, -0.25) is 4.21 Å². The number of hydrogen-bond donors (Lipinski definition) is 0. The van der Waals surface area contributed by atoms with Gasteiger partial charge < -0.3 is 9.16 Å². The van der Waals surface area contributed by atoms with E-state index in [9.17, 15) is 9.00 Å². The predicted molar refractivity (Wildman–Crippen MR) is 155 cm³/mol. The number of benzene rings is 3. The number of rotatable bonds is 11. The first-order valence-electron chi connectivity index (χ1n) is 12.7. The standard InChI is InChI=1S/C31H38O4SSi/c1-25(24-36(33)26-16-9-6-10-17-26)29(22-15-23-30(32)34-5)35-37(31(2,3)4,27-18-11-7-12-19-27)28-20-13-8-14-21-28/h6-21,23,25,29H,22,24H2,1-5H3/b23-15+/t25-,29+,36?/m1/s1. The SMILES string of the molecule is COC(=O)/C=C/C[C@H](O[Si](c1ccccc1)(c1ccccc1)C(C)(C)C)[C@H](C)CS(=O)c1ccccc1. The first-order chi connectivity index (χ1) is 17.7. The summed E-state index contributed by atoms with van der Waals surface area (Å²) in [4.78, 5) is 12.6. The molecule has 0 saturated heterocycles. The molecule has 37 heavy (non-hydrogen) atoms. The molecule has 0 aromatic heterocycles. The van der Waals surface area contributed by atoms with Gasteiger partial charge in [-0.2, -0.15) is 0 Å². The van der Waals surface area contributed by atoms with E-state index in [4.69, 9.17) is 9.16 Å². The van der Waals surface area contributed by atoms with Gasteiger partial charge in [0, 0.05) is 16.7 Å². The van der Waals surface area contributed by atoms with Crippen LogP contribution in [-0.4, -0.2) is 37.5 Å². The van der Waals surface area contributed by atoms with Crippen LogP contribution in [0.15, 0.2) is 108 Å². The molecular weight excluding hydrogens is 496 g/mol. The molecule has 0 aliphatic rings. The highest BCUT2D eigenvalue weighted by atomic mass is 32.2. The second-order valence-electron chi connectivity index (χ2n) is 10.3. The molecule has 3 atom stereocenters. The molecule has 0 N–H and O–H groups in total. The number of carbonyl (C=O) groups is 1. The zero-order valence-electron chi connectivity index (χ0n) is 22.4. The Bertz CT molecular complexity index is 1130. The summed E-state index contributed by atoms with van der Waals surface area (Å²) < 4.78 is 25.5. The Labute approximate surface area is 225 Å². The molecule has 3 rings (SSSR count). The number of esters is 1. The quantitative estimate of drug-likeness (QED) is 0.185. The van der Waals surface area contributed by atoms with Gasteiger partial charge in [0.25, 0.3) is 8.32 Å². The summed E-state index contributed by atoms with van der Waals surface area (Å²) in [6.45, 7) is 8.82. The van der Waals surface area contributed by atoms with Crippen molar-refractivity contribution in [2.45, 2.75) is 50.2 Å². The van der Waals surface area contributed by atoms with Crippen molar-refractivity contribution in [3.63, 3.8) is 0 Å². The molecule has 0 spiro atoms. The van der Waals surface area contributed by atoms with Gasteiger partial charge >= 0.3 is 5.97 Å². The van der Waals surface area contributed by atoms with Gasteiger partial charge in [-0.05, 0) is 39.9 Å². The van der Waals surface area contributed by atoms with Gasteiger partial charge in [0.2, 0.25) is 0 Å². The summed E-state index contributed by atoms with van der Waals surface area (Å²) >= 11 is 0. The van der Waals surface area contributed by atoms with E-state index in [1.54, 1.807) is 0 Å². The minimum Gasteiger partial charge on any atom is -0.466 e. The van der Waals surface area contributed by atoms with E-state index in [0.29, 0.717) is 12.2 Å². The average molecular weight is 535 g/mol. The van der Waals surface area contributed by atoms with Crippen molar-refractivity contribution in [3.05, 3.63) is 103 Å². The number of methoxy groups -OCH3 is 1. The second-order valence-corrected chi connectivity index (χ2v) is 16.0. The zero-order chi connectivity index (χ0) is 26.9. The van der Waals surface area contributed by atoms with Crippen LogP contribution in [0.2, 0.25) is 5.04 Å². The highest BCUT2D eigenvalue weighted by molar-refractivity contribution is 7.85. The van der Waals surface area contributed by atoms with Crippen molar-refractivity contribution in [3.8, 4) is 0 Å². The molecule has 0 fully saturated rings. The second kappa shape index (κ2) is 13.1. The Morgan fingerprint density at radius 1 is 0.892 bits per heavy atom. The third-order valence-electron chi connectivity index (χ3n) is 6.62. The van der Waals surface area contributed by atoms with Crippen LogP contribution in [0.25, 0.3) is 0 Å². The van der Waals surface area contributed by atoms with Crippen molar-refractivity contribution in [2.24, 2.45) is 5.92 Å². The molecule has 196 valence electrons. The van der Waals surface area contributed by atoms with Crippen molar-refractivity contribution >= 4 is 35.5 Å². The normalized spacial score (nSPS) is 14.7. The van der Waals surface area contributed by atoms with Crippen LogP contribution in [0.4, 0.5) is 0 Å². The van der Waals surface area contributed by atoms with Crippen molar-refractivity contribution in [1.82, 2.24) is 0 Å². The monoisotopic (exact) mass is 534 g/mol. The summed E-state index contributed by atoms with van der Waals surface area (Å²) in [5, 5.41) is 2.18. The summed E-state index contributed by atoms with van der Waals surface area (Å²) in [7, 11) is -2.64. The molecule has 0 bridgehead atoms. The Kier molecular flexibility index (Phi) is 10.2. The van der Waals surface area contributed by atoms with Crippen LogP contribution in [-0.2, 0) is 24.8 Å². The predicted octanol–water partition coefficient (Wildman–Crippen LogP) is 5.49. The summed E-state index contributed by atoms with van der Waals surface area (Å²) in [6.07, 6.45) is 3.51. The van der Waals surface area contributed by atoms with E-state index in [-0.39, 0.29) is 17.1 Å². The maximum absolute atomic E-state index is 13.3. The Morgan fingerprint density at radius 2 is 1.38 bits per heavy atom. The number of ether oxygens (including phenoxy) is 1. The van der Waals surface area contributed by atoms with Gasteiger partial charge in [-0.15, -0.1) is 0 Å². The molecule has 6 heteroatoms. The molecule has 0 heterocycles. The van der Waals surface area contributed by atoms with Gasteiger partial charge in [-0.25, -0.2) is 4.79 Å². The lowest BCUT2D eigenvalue weighted by Gasteiger charge is -2.46. The van der Waals surface area contributed by atoms with Gasteiger partial charge in [0.15, 0.2) is 0 Å². The van der Waals surface area contributed by atoms with Crippen LogP contribution in [0.3, 0.4) is 0 Å². The largest absolute Gasteiger partial charge is 0.466 e. The maximum Gasteiger partial charge on any atom is 0.330 e. The van der Waals surface area contributed by atoms with Crippen LogP contribution in [0.5, 0.6) is 0 Å². The molecular formula is C31H38O4SSi. The van der Waals surface area contributed by atoms with Gasteiger partial charge in [0.05, 0.1) is 24.0 Å². The van der Waals surface area contributed by atoms with E-state index in [1.165, 1.54) is 23.6 Å². The van der Waals surface area contributed by atoms with E-state index in [0.717, 1.165) is 4.90 Å². The summed E-state index contributed by atoms with van der Waals surface area (Å²) in [6, 6.07) is 30.5. The lowest BCUT2D eigenvalue weighted by Crippen LogP contribution is -2.68. The Balaban J connectivity index is 2.07. The van der Waals surface area contributed by atoms with Crippen LogP contribution >= 0.6 is 0 Å². The van der Waals surface area contributed by atoms with Gasteiger partial charge in [-0.1, -0.05) is 113 Å². The highest BCUT2D eigenvalue weighted by Gasteiger charge is 2.51. The number of hydrogen-bond acceptors (Lipinski definition) is 4. The average Bonchev–Trinajstić information content (AvgIpc) is 2.91. The Morgan fingerprint density at radius 3 is 1.84 bits per heavy atom. The van der Waals surface area contributed by atoms with Crippen LogP contribution in [0.1, 0.15) is 34.1 Å². The molecule has 4 nitrogen and oxygen atoms in total. The highest BCUT2D eigenvalue weighted by Crippen LogP contribution is 2.39. The third-order valence-corrected chi connectivity index (χ3v) is 13.3. The molecule has 0 aliphatic carbocycles. The van der Waals surface area contributed by atoms with Crippen molar-refractivity contribution in [1.29, 1.82) is 0 Å². The molecule has 0 radical (unpaired) electrons. The van der Waals surface area contributed by atoms with Crippen LogP contribution < -0.4 is 10.4 Å². The smallest absolute Gasteiger partial charge is 0.330 e. The lowest BCUT2D eigenvalue weighted by atomic mass is 10.0. The van der Waals surface area contributed by atoms with E-state index < -0.39 is 25.1 Å². The zero-order valence-corrected chi connectivity index (χ0v) is 24.2. The summed E-state index contributed by atoms with van der Waals surface area (Å²) in [5.41, 5.74) is 0. The Hall–Kier alpha value is -2.80. The molecule has 0 amide bonds. The molecule has 3 aromatic carbocycles. The molecule has 3 aromatic rings. The van der Waals surface area contributed by atoms with E-state index in [1.807, 2.05) is 48.5 Å². The fourth-order valence-electron chi connectivity index (χ4n) is 4.70. The number of carbonyl (C=O) groups excluding carboxylic acids is 1. The minimum atomic E-state index is -2.84. The lowest BCUT2D eigenvalue weighted by molar-refractivity contribution is -0.134. The van der Waals surface area contributed by atoms with Crippen molar-refractivity contribution < 1.29 is 18.2 Å².